The van der Waals surface area contributed by atoms with Crippen molar-refractivity contribution in [3.63, 3.8) is 0 Å². The van der Waals surface area contributed by atoms with E-state index in [0.717, 1.165) is 29.0 Å². The largest absolute Gasteiger partial charge is 0.491 e. The van der Waals surface area contributed by atoms with Crippen molar-refractivity contribution in [2.45, 2.75) is 24.8 Å². The molecule has 0 fully saturated rings. The van der Waals surface area contributed by atoms with Crippen molar-refractivity contribution in [1.29, 1.82) is 0 Å². The van der Waals surface area contributed by atoms with Gasteiger partial charge in [0, 0.05) is 48.3 Å². The SMILES string of the molecule is CCc1c(C(=O)N2CCOc3ccc(-c4ccc(N(C)CC(N)=O)nc4)cc3C2)ccc(S(C)(=O)=O)c1F. The fourth-order valence-electron chi connectivity index (χ4n) is 4.45. The van der Waals surface area contributed by atoms with Gasteiger partial charge < -0.3 is 20.3 Å². The molecule has 200 valence electrons. The average Bonchev–Trinajstić information content (AvgIpc) is 3.09. The first-order valence-electron chi connectivity index (χ1n) is 12.0. The number of nitrogens with zero attached hydrogens (tertiary/aromatic N) is 3. The molecule has 0 unspecified atom stereocenters. The van der Waals surface area contributed by atoms with E-state index in [0.29, 0.717) is 11.6 Å². The van der Waals surface area contributed by atoms with Gasteiger partial charge in [-0.2, -0.15) is 0 Å². The zero-order chi connectivity index (χ0) is 27.6. The molecule has 3 aromatic rings. The predicted octanol–water partition coefficient (Wildman–Crippen LogP) is 2.81. The Kier molecular flexibility index (Phi) is 7.68. The van der Waals surface area contributed by atoms with Crippen LogP contribution >= 0.6 is 0 Å². The Labute approximate surface area is 220 Å². The van der Waals surface area contributed by atoms with E-state index < -0.39 is 32.4 Å². The van der Waals surface area contributed by atoms with Gasteiger partial charge >= 0.3 is 0 Å². The normalized spacial score (nSPS) is 13.3. The lowest BCUT2D eigenvalue weighted by atomic mass is 10.0. The van der Waals surface area contributed by atoms with Gasteiger partial charge in [0.25, 0.3) is 5.91 Å². The van der Waals surface area contributed by atoms with Crippen molar-refractivity contribution in [3.05, 3.63) is 71.2 Å². The maximum atomic E-state index is 15.1. The molecule has 0 aliphatic carbocycles. The number of carbonyl (C=O) groups is 2. The lowest BCUT2D eigenvalue weighted by Gasteiger charge is -2.22. The van der Waals surface area contributed by atoms with Crippen LogP contribution in [-0.2, 0) is 27.6 Å². The number of hydrogen-bond acceptors (Lipinski definition) is 7. The Bertz CT molecular complexity index is 1490. The monoisotopic (exact) mass is 540 g/mol. The third kappa shape index (κ3) is 5.62. The number of benzene rings is 2. The van der Waals surface area contributed by atoms with Crippen molar-refractivity contribution >= 4 is 27.5 Å². The number of fused-ring (bicyclic) bond motifs is 1. The van der Waals surface area contributed by atoms with E-state index in [1.807, 2.05) is 24.3 Å². The van der Waals surface area contributed by atoms with Crippen LogP contribution in [0.15, 0.2) is 53.6 Å². The minimum absolute atomic E-state index is 0.0486. The summed E-state index contributed by atoms with van der Waals surface area (Å²) >= 11 is 0. The molecule has 0 bridgehead atoms. The molecule has 11 heteroatoms. The first kappa shape index (κ1) is 27.1. The van der Waals surface area contributed by atoms with Gasteiger partial charge in [-0.05, 0) is 48.4 Å². The van der Waals surface area contributed by atoms with Gasteiger partial charge in [0.1, 0.15) is 28.9 Å². The number of carbonyl (C=O) groups excluding carboxylic acids is 2. The summed E-state index contributed by atoms with van der Waals surface area (Å²) in [6.07, 6.45) is 2.79. The molecule has 0 saturated heterocycles. The quantitative estimate of drug-likeness (QED) is 0.489. The van der Waals surface area contributed by atoms with Gasteiger partial charge in [-0.15, -0.1) is 0 Å². The van der Waals surface area contributed by atoms with E-state index in [-0.39, 0.29) is 43.8 Å². The third-order valence-corrected chi connectivity index (χ3v) is 7.50. The molecule has 2 amide bonds. The molecule has 1 aliphatic rings. The Balaban J connectivity index is 1.61. The first-order chi connectivity index (χ1) is 18.0. The summed E-state index contributed by atoms with van der Waals surface area (Å²) in [4.78, 5) is 31.9. The van der Waals surface area contributed by atoms with E-state index in [1.54, 1.807) is 36.0 Å². The number of primary amides is 1. The summed E-state index contributed by atoms with van der Waals surface area (Å²) in [5, 5.41) is 0. The number of ether oxygens (including phenoxy) is 1. The summed E-state index contributed by atoms with van der Waals surface area (Å²) < 4.78 is 44.8. The summed E-state index contributed by atoms with van der Waals surface area (Å²) in [5.74, 6) is -0.492. The van der Waals surface area contributed by atoms with Crippen molar-refractivity contribution < 1.29 is 27.1 Å². The molecule has 1 aliphatic heterocycles. The van der Waals surface area contributed by atoms with Crippen LogP contribution in [0.3, 0.4) is 0 Å². The second-order valence-corrected chi connectivity index (χ2v) is 11.1. The number of hydrogen-bond donors (Lipinski definition) is 1. The molecule has 9 nitrogen and oxygen atoms in total. The second kappa shape index (κ2) is 10.8. The average molecular weight is 541 g/mol. The predicted molar refractivity (Wildman–Crippen MR) is 141 cm³/mol. The maximum absolute atomic E-state index is 15.1. The topological polar surface area (TPSA) is 123 Å². The summed E-state index contributed by atoms with van der Waals surface area (Å²) in [6.45, 7) is 2.50. The molecule has 1 aromatic heterocycles. The number of nitrogens with two attached hydrogens (primary N) is 1. The second-order valence-electron chi connectivity index (χ2n) is 9.15. The van der Waals surface area contributed by atoms with Gasteiger partial charge in [-0.1, -0.05) is 13.0 Å². The van der Waals surface area contributed by atoms with Crippen molar-refractivity contribution in [2.75, 3.05) is 37.9 Å². The van der Waals surface area contributed by atoms with Crippen LogP contribution in [0.5, 0.6) is 5.75 Å². The van der Waals surface area contributed by atoms with Gasteiger partial charge in [-0.3, -0.25) is 9.59 Å². The van der Waals surface area contributed by atoms with E-state index >= 15 is 4.39 Å². The molecule has 2 N–H and O–H groups in total. The van der Waals surface area contributed by atoms with Gasteiger partial charge in [0.05, 0.1) is 13.1 Å². The van der Waals surface area contributed by atoms with Crippen LogP contribution in [0.2, 0.25) is 0 Å². The Morgan fingerprint density at radius 1 is 1.16 bits per heavy atom. The highest BCUT2D eigenvalue weighted by atomic mass is 32.2. The van der Waals surface area contributed by atoms with Gasteiger partial charge in [0.2, 0.25) is 5.91 Å². The van der Waals surface area contributed by atoms with E-state index in [9.17, 15) is 18.0 Å². The van der Waals surface area contributed by atoms with E-state index in [2.05, 4.69) is 4.98 Å². The molecule has 0 radical (unpaired) electrons. The molecule has 0 atom stereocenters. The summed E-state index contributed by atoms with van der Waals surface area (Å²) in [6, 6.07) is 11.8. The van der Waals surface area contributed by atoms with E-state index in [1.165, 1.54) is 6.07 Å². The molecule has 0 saturated carbocycles. The van der Waals surface area contributed by atoms with Crippen LogP contribution in [0, 0.1) is 5.82 Å². The minimum Gasteiger partial charge on any atom is -0.491 e. The van der Waals surface area contributed by atoms with Crippen LogP contribution < -0.4 is 15.4 Å². The number of rotatable bonds is 7. The highest BCUT2D eigenvalue weighted by molar-refractivity contribution is 7.90. The maximum Gasteiger partial charge on any atom is 0.254 e. The molecule has 38 heavy (non-hydrogen) atoms. The third-order valence-electron chi connectivity index (χ3n) is 6.38. The van der Waals surface area contributed by atoms with Gasteiger partial charge in [0.15, 0.2) is 9.84 Å². The minimum atomic E-state index is -3.77. The fraction of sp³-hybridized carbons (Fsp3) is 0.296. The number of aromatic nitrogens is 1. The highest BCUT2D eigenvalue weighted by Gasteiger charge is 2.27. The van der Waals surface area contributed by atoms with Gasteiger partial charge in [-0.25, -0.2) is 17.8 Å². The number of sulfone groups is 1. The Morgan fingerprint density at radius 2 is 1.89 bits per heavy atom. The van der Waals surface area contributed by atoms with Crippen LogP contribution in [-0.4, -0.2) is 63.1 Å². The Morgan fingerprint density at radius 3 is 2.53 bits per heavy atom. The van der Waals surface area contributed by atoms with Crippen molar-refractivity contribution in [3.8, 4) is 16.9 Å². The number of likely N-dealkylation sites (N-methyl/N-ethyl adjacent to an activating group) is 1. The molecular weight excluding hydrogens is 511 g/mol. The van der Waals surface area contributed by atoms with E-state index in [4.69, 9.17) is 10.5 Å². The number of amides is 2. The first-order valence-corrected chi connectivity index (χ1v) is 13.9. The smallest absolute Gasteiger partial charge is 0.254 e. The summed E-state index contributed by atoms with van der Waals surface area (Å²) in [7, 11) is -2.05. The number of anilines is 1. The lowest BCUT2D eigenvalue weighted by Crippen LogP contribution is -2.33. The molecular formula is C27H29FN4O5S. The molecule has 4 rings (SSSR count). The zero-order valence-electron chi connectivity index (χ0n) is 21.4. The number of pyridine rings is 1. The van der Waals surface area contributed by atoms with Crippen molar-refractivity contribution in [1.82, 2.24) is 9.88 Å². The van der Waals surface area contributed by atoms with Crippen LogP contribution in [0.4, 0.5) is 10.2 Å². The molecule has 2 heterocycles. The molecule has 0 spiro atoms. The van der Waals surface area contributed by atoms with Crippen LogP contribution in [0.1, 0.15) is 28.4 Å². The highest BCUT2D eigenvalue weighted by Crippen LogP contribution is 2.31. The molecule has 2 aromatic carbocycles. The fourth-order valence-corrected chi connectivity index (χ4v) is 5.21. The number of halogens is 1. The van der Waals surface area contributed by atoms with Crippen LogP contribution in [0.25, 0.3) is 11.1 Å². The standard InChI is InChI=1S/C27H29FN4O5S/c1-4-20-21(7-9-23(26(20)28)38(3,35)36)27(34)32-11-12-37-22-8-5-17(13-19(22)15-32)18-6-10-25(30-14-18)31(2)16-24(29)33/h5-10,13-14H,4,11-12,15-16H2,1-3H3,(H2,29,33). The zero-order valence-corrected chi connectivity index (χ0v) is 22.2. The Hall–Kier alpha value is -3.99. The lowest BCUT2D eigenvalue weighted by molar-refractivity contribution is -0.116. The summed E-state index contributed by atoms with van der Waals surface area (Å²) in [5.41, 5.74) is 7.93. The van der Waals surface area contributed by atoms with Crippen molar-refractivity contribution in [2.24, 2.45) is 5.73 Å².